The zero-order valence-corrected chi connectivity index (χ0v) is 52.5. The van der Waals surface area contributed by atoms with Gasteiger partial charge in [-0.3, -0.25) is 14.4 Å². The lowest BCUT2D eigenvalue weighted by molar-refractivity contribution is -0.167. The normalized spacial score (nSPS) is 12.0. The van der Waals surface area contributed by atoms with Crippen LogP contribution in [-0.4, -0.2) is 37.2 Å². The van der Waals surface area contributed by atoms with Gasteiger partial charge in [0.15, 0.2) is 6.10 Å². The molecule has 0 aliphatic carbocycles. The number of unbranched alkanes of at least 4 members (excludes halogenated alkanes) is 53. The summed E-state index contributed by atoms with van der Waals surface area (Å²) >= 11 is 0. The Hall–Kier alpha value is -1.85. The molecule has 77 heavy (non-hydrogen) atoms. The summed E-state index contributed by atoms with van der Waals surface area (Å²) in [4.78, 5) is 38.2. The highest BCUT2D eigenvalue weighted by Crippen LogP contribution is 2.19. The van der Waals surface area contributed by atoms with Gasteiger partial charge in [0.2, 0.25) is 0 Å². The lowest BCUT2D eigenvalue weighted by atomic mass is 10.0. The van der Waals surface area contributed by atoms with Crippen molar-refractivity contribution in [3.05, 3.63) is 12.2 Å². The van der Waals surface area contributed by atoms with E-state index in [1.54, 1.807) is 0 Å². The van der Waals surface area contributed by atoms with Crippen molar-refractivity contribution < 1.29 is 28.6 Å². The van der Waals surface area contributed by atoms with Gasteiger partial charge in [-0.2, -0.15) is 0 Å². The molecule has 0 aliphatic heterocycles. The van der Waals surface area contributed by atoms with Gasteiger partial charge in [0.1, 0.15) is 13.2 Å². The monoisotopic (exact) mass is 1090 g/mol. The van der Waals surface area contributed by atoms with Crippen LogP contribution in [0.25, 0.3) is 0 Å². The molecule has 0 amide bonds. The molecule has 0 aliphatic rings. The van der Waals surface area contributed by atoms with Gasteiger partial charge in [0.25, 0.3) is 0 Å². The van der Waals surface area contributed by atoms with Gasteiger partial charge in [-0.1, -0.05) is 354 Å². The number of ether oxygens (including phenoxy) is 3. The first kappa shape index (κ1) is 75.2. The summed E-state index contributed by atoms with van der Waals surface area (Å²) in [6.45, 7) is 6.70. The molecule has 1 atom stereocenters. The topological polar surface area (TPSA) is 78.9 Å². The van der Waals surface area contributed by atoms with Gasteiger partial charge in [0, 0.05) is 19.3 Å². The van der Waals surface area contributed by atoms with Crippen LogP contribution in [0.3, 0.4) is 0 Å². The molecule has 0 N–H and O–H groups in total. The second-order valence-corrected chi connectivity index (χ2v) is 24.2. The van der Waals surface area contributed by atoms with Crippen molar-refractivity contribution in [2.24, 2.45) is 0 Å². The van der Waals surface area contributed by atoms with Crippen LogP contribution in [0, 0.1) is 0 Å². The van der Waals surface area contributed by atoms with E-state index in [9.17, 15) is 14.4 Å². The predicted octanol–water partition coefficient (Wildman–Crippen LogP) is 24.0. The number of carbonyl (C=O) groups excluding carboxylic acids is 3. The van der Waals surface area contributed by atoms with Gasteiger partial charge < -0.3 is 14.2 Å². The maximum absolute atomic E-state index is 12.9. The highest BCUT2D eigenvalue weighted by molar-refractivity contribution is 5.71. The van der Waals surface area contributed by atoms with Crippen molar-refractivity contribution in [2.75, 3.05) is 13.2 Å². The quantitative estimate of drug-likeness (QED) is 0.0261. The van der Waals surface area contributed by atoms with Crippen LogP contribution in [0.1, 0.15) is 406 Å². The largest absolute Gasteiger partial charge is 0.462 e. The Balaban J connectivity index is 4.03. The summed E-state index contributed by atoms with van der Waals surface area (Å²) < 4.78 is 16.9. The minimum Gasteiger partial charge on any atom is -0.462 e. The second kappa shape index (κ2) is 66.7. The molecule has 0 rings (SSSR count). The van der Waals surface area contributed by atoms with Crippen molar-refractivity contribution in [3.8, 4) is 0 Å². The first-order chi connectivity index (χ1) is 38.0. The number of esters is 3. The third-order valence-electron chi connectivity index (χ3n) is 16.3. The second-order valence-electron chi connectivity index (χ2n) is 24.2. The Morgan fingerprint density at radius 3 is 0.649 bits per heavy atom. The van der Waals surface area contributed by atoms with Crippen molar-refractivity contribution in [1.29, 1.82) is 0 Å². The van der Waals surface area contributed by atoms with Gasteiger partial charge in [-0.05, 0) is 44.9 Å². The summed E-state index contributed by atoms with van der Waals surface area (Å²) in [5.74, 6) is -0.832. The summed E-state index contributed by atoms with van der Waals surface area (Å²) in [5.41, 5.74) is 0. The van der Waals surface area contributed by atoms with Crippen molar-refractivity contribution in [1.82, 2.24) is 0 Å². The number of hydrogen-bond donors (Lipinski definition) is 0. The molecule has 0 spiro atoms. The standard InChI is InChI=1S/C71H136O6/c1-4-7-10-13-16-19-21-23-25-27-29-30-31-32-33-34-35-36-37-38-39-40-42-43-45-47-49-52-55-58-61-64-70(73)76-67-68(66-75-69(72)63-60-57-54-51-18-15-12-9-6-3)77-71(74)65-62-59-56-53-50-48-46-44-41-28-26-24-22-20-17-14-11-8-5-2/h27,29,68H,4-26,28,30-67H2,1-3H3/b29-27-. The van der Waals surface area contributed by atoms with E-state index in [-0.39, 0.29) is 31.1 Å². The van der Waals surface area contributed by atoms with Crippen LogP contribution in [0.15, 0.2) is 12.2 Å². The molecule has 0 bridgehead atoms. The number of allylic oxidation sites excluding steroid dienone is 2. The third-order valence-corrected chi connectivity index (χ3v) is 16.3. The first-order valence-electron chi connectivity index (χ1n) is 35.2. The van der Waals surface area contributed by atoms with Crippen LogP contribution in [0.5, 0.6) is 0 Å². The van der Waals surface area contributed by atoms with E-state index in [0.717, 1.165) is 57.8 Å². The molecule has 0 fully saturated rings. The van der Waals surface area contributed by atoms with E-state index >= 15 is 0 Å². The fourth-order valence-electron chi connectivity index (χ4n) is 11.0. The molecule has 0 saturated carbocycles. The van der Waals surface area contributed by atoms with Gasteiger partial charge in [0.05, 0.1) is 0 Å². The molecular weight excluding hydrogens is 949 g/mol. The van der Waals surface area contributed by atoms with Gasteiger partial charge in [-0.15, -0.1) is 0 Å². The van der Waals surface area contributed by atoms with Crippen LogP contribution >= 0.6 is 0 Å². The molecule has 0 aromatic rings. The van der Waals surface area contributed by atoms with Crippen molar-refractivity contribution in [2.45, 2.75) is 412 Å². The molecule has 456 valence electrons. The highest BCUT2D eigenvalue weighted by atomic mass is 16.6. The number of carbonyl (C=O) groups is 3. The average Bonchev–Trinajstić information content (AvgIpc) is 3.43. The molecule has 6 nitrogen and oxygen atoms in total. The summed E-state index contributed by atoms with van der Waals surface area (Å²) in [6.07, 6.45) is 79.8. The first-order valence-corrected chi connectivity index (χ1v) is 35.2. The molecule has 0 heterocycles. The SMILES string of the molecule is CCCCCCCCCC/C=C\CCCCCCCCCCCCCCCCCCCCCC(=O)OCC(COC(=O)CCCCCCCCCCC)OC(=O)CCCCCCCCCCCCCCCCCCCCC. The fraction of sp³-hybridized carbons (Fsp3) is 0.930. The summed E-state index contributed by atoms with van der Waals surface area (Å²) in [5, 5.41) is 0. The Labute approximate surface area is 481 Å². The minimum absolute atomic E-state index is 0.0624. The predicted molar refractivity (Wildman–Crippen MR) is 335 cm³/mol. The van der Waals surface area contributed by atoms with Crippen LogP contribution < -0.4 is 0 Å². The van der Waals surface area contributed by atoms with E-state index < -0.39 is 6.10 Å². The molecule has 0 aromatic carbocycles. The number of rotatable bonds is 66. The zero-order chi connectivity index (χ0) is 55.7. The lowest BCUT2D eigenvalue weighted by Crippen LogP contribution is -2.30. The van der Waals surface area contributed by atoms with E-state index in [4.69, 9.17) is 14.2 Å². The smallest absolute Gasteiger partial charge is 0.306 e. The molecule has 0 saturated heterocycles. The fourth-order valence-corrected chi connectivity index (χ4v) is 11.0. The molecule has 0 aromatic heterocycles. The van der Waals surface area contributed by atoms with E-state index in [0.29, 0.717) is 19.3 Å². The maximum Gasteiger partial charge on any atom is 0.306 e. The van der Waals surface area contributed by atoms with Crippen LogP contribution in [0.2, 0.25) is 0 Å². The van der Waals surface area contributed by atoms with Crippen LogP contribution in [-0.2, 0) is 28.6 Å². The van der Waals surface area contributed by atoms with Crippen molar-refractivity contribution >= 4 is 17.9 Å². The molecule has 1 unspecified atom stereocenters. The zero-order valence-electron chi connectivity index (χ0n) is 52.5. The van der Waals surface area contributed by atoms with E-state index in [1.807, 2.05) is 0 Å². The van der Waals surface area contributed by atoms with Gasteiger partial charge >= 0.3 is 17.9 Å². The Morgan fingerprint density at radius 2 is 0.429 bits per heavy atom. The van der Waals surface area contributed by atoms with Crippen molar-refractivity contribution in [3.63, 3.8) is 0 Å². The van der Waals surface area contributed by atoms with Gasteiger partial charge in [-0.25, -0.2) is 0 Å². The highest BCUT2D eigenvalue weighted by Gasteiger charge is 2.19. The van der Waals surface area contributed by atoms with E-state index in [2.05, 4.69) is 32.9 Å². The maximum atomic E-state index is 12.9. The molecular formula is C71H136O6. The Morgan fingerprint density at radius 1 is 0.247 bits per heavy atom. The third kappa shape index (κ3) is 64.9. The van der Waals surface area contributed by atoms with E-state index in [1.165, 1.54) is 308 Å². The minimum atomic E-state index is -0.763. The lowest BCUT2D eigenvalue weighted by Gasteiger charge is -2.18. The number of hydrogen-bond acceptors (Lipinski definition) is 6. The Kier molecular flexibility index (Phi) is 65.1. The summed E-state index contributed by atoms with van der Waals surface area (Å²) in [6, 6.07) is 0. The molecule has 6 heteroatoms. The Bertz CT molecular complexity index is 1200. The summed E-state index contributed by atoms with van der Waals surface area (Å²) in [7, 11) is 0. The average molecular weight is 1090 g/mol. The molecule has 0 radical (unpaired) electrons. The van der Waals surface area contributed by atoms with Crippen LogP contribution in [0.4, 0.5) is 0 Å².